The van der Waals surface area contributed by atoms with Gasteiger partial charge < -0.3 is 15.7 Å². The van der Waals surface area contributed by atoms with E-state index in [1.807, 2.05) is 13.8 Å². The first-order chi connectivity index (χ1) is 8.41. The molecule has 1 heterocycles. The quantitative estimate of drug-likeness (QED) is 0.723. The van der Waals surface area contributed by atoms with E-state index in [4.69, 9.17) is 0 Å². The van der Waals surface area contributed by atoms with Crippen LogP contribution in [0.2, 0.25) is 0 Å². The van der Waals surface area contributed by atoms with Crippen molar-refractivity contribution in [1.82, 2.24) is 15.6 Å². The summed E-state index contributed by atoms with van der Waals surface area (Å²) in [5.74, 6) is -1.00. The molecule has 0 saturated heterocycles. The molecule has 6 heteroatoms. The molecule has 0 aromatic carbocycles. The summed E-state index contributed by atoms with van der Waals surface area (Å²) in [6, 6.07) is 0.719. The summed E-state index contributed by atoms with van der Waals surface area (Å²) < 4.78 is 0. The smallest absolute Gasteiger partial charge is 0.255 e. The van der Waals surface area contributed by atoms with Crippen LogP contribution in [0.3, 0.4) is 0 Å². The minimum atomic E-state index is -0.674. The molecule has 1 unspecified atom stereocenters. The Morgan fingerprint density at radius 1 is 1.28 bits per heavy atom. The molecule has 0 spiro atoms. The summed E-state index contributed by atoms with van der Waals surface area (Å²) in [5, 5.41) is 14.6. The zero-order valence-corrected chi connectivity index (χ0v) is 10.6. The summed E-state index contributed by atoms with van der Waals surface area (Å²) in [7, 11) is 0. The summed E-state index contributed by atoms with van der Waals surface area (Å²) in [4.78, 5) is 27.1. The molecule has 6 nitrogen and oxygen atoms in total. The van der Waals surface area contributed by atoms with Crippen LogP contribution < -0.4 is 10.6 Å². The van der Waals surface area contributed by atoms with Gasteiger partial charge in [-0.2, -0.15) is 0 Å². The van der Waals surface area contributed by atoms with Crippen molar-refractivity contribution in [1.29, 1.82) is 0 Å². The first kappa shape index (κ1) is 14.0. The Kier molecular flexibility index (Phi) is 4.65. The van der Waals surface area contributed by atoms with Crippen LogP contribution >= 0.6 is 0 Å². The predicted molar refractivity (Wildman–Crippen MR) is 66.1 cm³/mol. The minimum Gasteiger partial charge on any atom is -0.505 e. The van der Waals surface area contributed by atoms with E-state index in [-0.39, 0.29) is 23.3 Å². The molecule has 0 saturated carbocycles. The van der Waals surface area contributed by atoms with E-state index in [1.165, 1.54) is 18.5 Å². The van der Waals surface area contributed by atoms with Crippen LogP contribution in [-0.4, -0.2) is 34.0 Å². The van der Waals surface area contributed by atoms with Crippen molar-refractivity contribution in [3.8, 4) is 5.75 Å². The molecule has 0 bridgehead atoms. The van der Waals surface area contributed by atoms with Gasteiger partial charge in [-0.3, -0.25) is 14.6 Å². The fourth-order valence-corrected chi connectivity index (χ4v) is 1.33. The Hall–Kier alpha value is -2.11. The Labute approximate surface area is 105 Å². The number of nitrogens with one attached hydrogen (secondary N) is 2. The van der Waals surface area contributed by atoms with Crippen molar-refractivity contribution >= 4 is 11.8 Å². The topological polar surface area (TPSA) is 91.3 Å². The van der Waals surface area contributed by atoms with Gasteiger partial charge in [-0.15, -0.1) is 0 Å². The van der Waals surface area contributed by atoms with Crippen LogP contribution in [-0.2, 0) is 4.79 Å². The van der Waals surface area contributed by atoms with Crippen molar-refractivity contribution in [2.75, 3.05) is 0 Å². The molecular formula is C12H17N3O3. The van der Waals surface area contributed by atoms with Crippen molar-refractivity contribution in [3.63, 3.8) is 0 Å². The lowest BCUT2D eigenvalue weighted by atomic mass is 10.2. The Morgan fingerprint density at radius 3 is 2.50 bits per heavy atom. The van der Waals surface area contributed by atoms with E-state index in [9.17, 15) is 14.7 Å². The third kappa shape index (κ3) is 3.73. The highest BCUT2D eigenvalue weighted by atomic mass is 16.3. The highest BCUT2D eigenvalue weighted by molar-refractivity contribution is 5.99. The molecule has 18 heavy (non-hydrogen) atoms. The second kappa shape index (κ2) is 6.00. The van der Waals surface area contributed by atoms with Gasteiger partial charge in [-0.05, 0) is 26.8 Å². The normalized spacial score (nSPS) is 12.0. The Bertz CT molecular complexity index is 446. The molecule has 0 aliphatic rings. The number of nitrogens with zero attached hydrogens (tertiary/aromatic N) is 1. The second-order valence-corrected chi connectivity index (χ2v) is 4.25. The summed E-state index contributed by atoms with van der Waals surface area (Å²) in [6.45, 7) is 5.25. The van der Waals surface area contributed by atoms with Gasteiger partial charge in [-0.1, -0.05) is 0 Å². The van der Waals surface area contributed by atoms with E-state index in [1.54, 1.807) is 6.92 Å². The maximum Gasteiger partial charge on any atom is 0.255 e. The Morgan fingerprint density at radius 2 is 1.94 bits per heavy atom. The van der Waals surface area contributed by atoms with Crippen molar-refractivity contribution in [3.05, 3.63) is 24.0 Å². The molecule has 1 aromatic rings. The van der Waals surface area contributed by atoms with Crippen LogP contribution in [0.1, 0.15) is 31.1 Å². The molecule has 0 aliphatic carbocycles. The zero-order valence-electron chi connectivity index (χ0n) is 10.6. The van der Waals surface area contributed by atoms with Gasteiger partial charge in [-0.25, -0.2) is 0 Å². The van der Waals surface area contributed by atoms with E-state index in [0.29, 0.717) is 0 Å². The van der Waals surface area contributed by atoms with Gasteiger partial charge in [0.25, 0.3) is 5.91 Å². The molecule has 0 radical (unpaired) electrons. The lowest BCUT2D eigenvalue weighted by Gasteiger charge is -2.16. The van der Waals surface area contributed by atoms with Crippen LogP contribution in [0.25, 0.3) is 0 Å². The summed E-state index contributed by atoms with van der Waals surface area (Å²) in [6.07, 6.45) is 2.57. The van der Waals surface area contributed by atoms with Crippen LogP contribution in [0.5, 0.6) is 5.75 Å². The molecule has 2 amide bonds. The van der Waals surface area contributed by atoms with Crippen molar-refractivity contribution < 1.29 is 14.7 Å². The van der Waals surface area contributed by atoms with E-state index < -0.39 is 11.9 Å². The summed E-state index contributed by atoms with van der Waals surface area (Å²) >= 11 is 0. The molecule has 1 rings (SSSR count). The number of carbonyl (C=O) groups is 2. The minimum absolute atomic E-state index is 0.00572. The Balaban J connectivity index is 2.65. The highest BCUT2D eigenvalue weighted by Gasteiger charge is 2.18. The lowest BCUT2D eigenvalue weighted by Crippen LogP contribution is -2.46. The van der Waals surface area contributed by atoms with Gasteiger partial charge in [0.2, 0.25) is 5.91 Å². The van der Waals surface area contributed by atoms with Gasteiger partial charge >= 0.3 is 0 Å². The number of pyridine rings is 1. The average Bonchev–Trinajstić information content (AvgIpc) is 2.28. The first-order valence-corrected chi connectivity index (χ1v) is 5.66. The zero-order chi connectivity index (χ0) is 13.7. The highest BCUT2D eigenvalue weighted by Crippen LogP contribution is 2.13. The first-order valence-electron chi connectivity index (χ1n) is 5.66. The van der Waals surface area contributed by atoms with E-state index in [2.05, 4.69) is 15.6 Å². The molecule has 3 N–H and O–H groups in total. The molecule has 98 valence electrons. The fraction of sp³-hybridized carbons (Fsp3) is 0.417. The predicted octanol–water partition coefficient (Wildman–Crippen LogP) is 0.430. The molecule has 0 fully saturated rings. The number of rotatable bonds is 4. The van der Waals surface area contributed by atoms with Gasteiger partial charge in [0.05, 0.1) is 11.8 Å². The van der Waals surface area contributed by atoms with Gasteiger partial charge in [0, 0.05) is 12.2 Å². The fourth-order valence-electron chi connectivity index (χ4n) is 1.33. The maximum atomic E-state index is 11.8. The van der Waals surface area contributed by atoms with Gasteiger partial charge in [0.1, 0.15) is 11.8 Å². The number of aromatic nitrogens is 1. The third-order valence-corrected chi connectivity index (χ3v) is 2.22. The SMILES string of the molecule is CC(C)NC(=O)C(C)NC(=O)c1ccncc1O. The number of amides is 2. The van der Waals surface area contributed by atoms with Crippen LogP contribution in [0.4, 0.5) is 0 Å². The lowest BCUT2D eigenvalue weighted by molar-refractivity contribution is -0.123. The number of hydrogen-bond acceptors (Lipinski definition) is 4. The monoisotopic (exact) mass is 251 g/mol. The summed E-state index contributed by atoms with van der Waals surface area (Å²) in [5.41, 5.74) is 0.0918. The second-order valence-electron chi connectivity index (χ2n) is 4.25. The van der Waals surface area contributed by atoms with E-state index in [0.717, 1.165) is 0 Å². The van der Waals surface area contributed by atoms with E-state index >= 15 is 0 Å². The molecular weight excluding hydrogens is 234 g/mol. The van der Waals surface area contributed by atoms with Gasteiger partial charge in [0.15, 0.2) is 0 Å². The largest absolute Gasteiger partial charge is 0.505 e. The number of carbonyl (C=O) groups excluding carboxylic acids is 2. The maximum absolute atomic E-state index is 11.8. The average molecular weight is 251 g/mol. The molecule has 1 aromatic heterocycles. The standard InChI is InChI=1S/C12H17N3O3/c1-7(2)14-11(17)8(3)15-12(18)9-4-5-13-6-10(9)16/h4-8,16H,1-3H3,(H,14,17)(H,15,18). The molecule has 1 atom stereocenters. The van der Waals surface area contributed by atoms with Crippen LogP contribution in [0.15, 0.2) is 18.5 Å². The van der Waals surface area contributed by atoms with Crippen molar-refractivity contribution in [2.45, 2.75) is 32.9 Å². The number of hydrogen-bond donors (Lipinski definition) is 3. The third-order valence-electron chi connectivity index (χ3n) is 2.22. The van der Waals surface area contributed by atoms with Crippen LogP contribution in [0, 0.1) is 0 Å². The van der Waals surface area contributed by atoms with Crippen molar-refractivity contribution in [2.24, 2.45) is 0 Å². The molecule has 0 aliphatic heterocycles. The number of aromatic hydroxyl groups is 1.